The number of fused-ring (bicyclic) bond motifs is 2. The highest BCUT2D eigenvalue weighted by Crippen LogP contribution is 2.31. The van der Waals surface area contributed by atoms with Crippen molar-refractivity contribution in [2.75, 3.05) is 13.6 Å². The third-order valence-electron chi connectivity index (χ3n) is 5.90. The van der Waals surface area contributed by atoms with Gasteiger partial charge in [0.05, 0.1) is 16.0 Å². The fraction of sp³-hybridized carbons (Fsp3) is 0.435. The van der Waals surface area contributed by atoms with E-state index in [1.807, 2.05) is 67.6 Å². The summed E-state index contributed by atoms with van der Waals surface area (Å²) < 4.78 is 6.93. The zero-order valence-electron chi connectivity index (χ0n) is 19.0. The first-order chi connectivity index (χ1) is 15.4. The summed E-state index contributed by atoms with van der Waals surface area (Å²) in [6.07, 6.45) is 2.21. The van der Waals surface area contributed by atoms with Crippen LogP contribution >= 0.6 is 9.47 Å². The fourth-order valence-electron chi connectivity index (χ4n) is 4.19. The minimum Gasteiger partial charge on any atom is -0.474 e. The second-order valence-electron chi connectivity index (χ2n) is 7.80. The molecule has 3 atom stereocenters. The summed E-state index contributed by atoms with van der Waals surface area (Å²) >= 11 is 0. The number of aromatic nitrogens is 1. The number of nitrogens with zero attached hydrogens (tertiary/aromatic N) is 3. The molecule has 0 radical (unpaired) electrons. The zero-order chi connectivity index (χ0) is 23.4. The van der Waals surface area contributed by atoms with Crippen LogP contribution in [0.3, 0.4) is 0 Å². The molecule has 2 aliphatic heterocycles. The summed E-state index contributed by atoms with van der Waals surface area (Å²) in [4.78, 5) is 43.0. The van der Waals surface area contributed by atoms with Crippen molar-refractivity contribution in [3.05, 3.63) is 63.6 Å². The molecule has 1 aromatic heterocycles. The quantitative estimate of drug-likeness (QED) is 0.712. The third-order valence-corrected chi connectivity index (χ3v) is 6.13. The van der Waals surface area contributed by atoms with Crippen molar-refractivity contribution in [1.82, 2.24) is 19.7 Å². The van der Waals surface area contributed by atoms with Gasteiger partial charge < -0.3 is 19.3 Å². The van der Waals surface area contributed by atoms with Crippen LogP contribution < -0.4 is 15.3 Å². The van der Waals surface area contributed by atoms with Crippen LogP contribution in [0.15, 0.2) is 41.3 Å². The van der Waals surface area contributed by atoms with E-state index in [1.165, 1.54) is 6.20 Å². The minimum absolute atomic E-state index is 0.0418. The van der Waals surface area contributed by atoms with E-state index in [1.54, 1.807) is 9.47 Å². The molecule has 2 aromatic rings. The second kappa shape index (κ2) is 10.3. The Labute approximate surface area is 190 Å². The second-order valence-corrected chi connectivity index (χ2v) is 8.04. The molecule has 4 rings (SSSR count). The Bertz CT molecular complexity index is 1040. The Morgan fingerprint density at radius 3 is 2.56 bits per heavy atom. The van der Waals surface area contributed by atoms with E-state index >= 15 is 0 Å². The number of hydrogen-bond acceptors (Lipinski definition) is 5. The largest absolute Gasteiger partial charge is 0.474 e. The number of hydrogen-bond donors (Lipinski definition) is 1. The van der Waals surface area contributed by atoms with Gasteiger partial charge in [0, 0.05) is 25.3 Å². The van der Waals surface area contributed by atoms with Crippen LogP contribution in [0, 0.1) is 0 Å². The number of likely N-dealkylation sites (N-methyl/N-ethyl adjacent to an activating group) is 1. The average Bonchev–Trinajstić information content (AvgIpc) is 2.82. The molecule has 172 valence electrons. The van der Waals surface area contributed by atoms with Gasteiger partial charge in [0.15, 0.2) is 11.4 Å². The smallest absolute Gasteiger partial charge is 0.276 e. The van der Waals surface area contributed by atoms with Crippen LogP contribution in [0.2, 0.25) is 0 Å². The molecule has 2 aliphatic rings. The van der Waals surface area contributed by atoms with E-state index in [2.05, 4.69) is 10.2 Å². The van der Waals surface area contributed by atoms with Gasteiger partial charge in [0.25, 0.3) is 11.8 Å². The standard InChI is InChI=1S/C21H25N4O4P.C2H6/c1-13-8-9-23(2)16-12-24-11-15(20(27)22-10-14-6-4-3-5-7-14)18(26)19(29-30)17(24)21(28)25(13)16;1-2/h3-7,11,13,16H,8-10,12,30H2,1-2H3,(H,22,27);1-2H3/t13-,16-;/m1./s1. The van der Waals surface area contributed by atoms with Crippen molar-refractivity contribution in [3.8, 4) is 5.75 Å². The number of rotatable bonds is 4. The maximum absolute atomic E-state index is 13.3. The van der Waals surface area contributed by atoms with E-state index in [0.29, 0.717) is 13.1 Å². The van der Waals surface area contributed by atoms with Crippen molar-refractivity contribution in [3.63, 3.8) is 0 Å². The highest BCUT2D eigenvalue weighted by Gasteiger charge is 2.42. The molecular formula is C23H31N4O4P. The Balaban J connectivity index is 0.00000141. The van der Waals surface area contributed by atoms with Gasteiger partial charge in [-0.15, -0.1) is 0 Å². The fourth-order valence-corrected chi connectivity index (χ4v) is 4.41. The maximum Gasteiger partial charge on any atom is 0.276 e. The first-order valence-electron chi connectivity index (χ1n) is 10.9. The van der Waals surface area contributed by atoms with Crippen LogP contribution in [0.25, 0.3) is 0 Å². The molecule has 32 heavy (non-hydrogen) atoms. The van der Waals surface area contributed by atoms with Gasteiger partial charge in [0.2, 0.25) is 5.43 Å². The molecule has 0 spiro atoms. The summed E-state index contributed by atoms with van der Waals surface area (Å²) in [5, 5.41) is 2.78. The number of benzene rings is 1. The van der Waals surface area contributed by atoms with Crippen molar-refractivity contribution < 1.29 is 14.1 Å². The van der Waals surface area contributed by atoms with Crippen molar-refractivity contribution in [1.29, 1.82) is 0 Å². The molecule has 0 saturated carbocycles. The monoisotopic (exact) mass is 458 g/mol. The van der Waals surface area contributed by atoms with Crippen LogP contribution in [0.5, 0.6) is 5.75 Å². The Kier molecular flexibility index (Phi) is 7.69. The molecule has 1 unspecified atom stereocenters. The first kappa shape index (κ1) is 24.0. The molecule has 3 heterocycles. The van der Waals surface area contributed by atoms with E-state index in [4.69, 9.17) is 4.52 Å². The minimum atomic E-state index is -0.591. The molecule has 1 N–H and O–H groups in total. The average molecular weight is 458 g/mol. The van der Waals surface area contributed by atoms with Gasteiger partial charge in [0.1, 0.15) is 11.7 Å². The predicted octanol–water partition coefficient (Wildman–Crippen LogP) is 2.48. The maximum atomic E-state index is 13.3. The van der Waals surface area contributed by atoms with Gasteiger partial charge >= 0.3 is 0 Å². The zero-order valence-corrected chi connectivity index (χ0v) is 20.2. The molecule has 2 amide bonds. The lowest BCUT2D eigenvalue weighted by atomic mass is 10.0. The normalized spacial score (nSPS) is 19.9. The molecule has 1 saturated heterocycles. The van der Waals surface area contributed by atoms with E-state index in [9.17, 15) is 14.4 Å². The number of carbonyl (C=O) groups excluding carboxylic acids is 2. The van der Waals surface area contributed by atoms with Gasteiger partial charge in [-0.3, -0.25) is 19.3 Å². The molecular weight excluding hydrogens is 427 g/mol. The van der Waals surface area contributed by atoms with Crippen molar-refractivity contribution >= 4 is 21.3 Å². The van der Waals surface area contributed by atoms with Gasteiger partial charge in [-0.05, 0) is 26.0 Å². The van der Waals surface area contributed by atoms with Gasteiger partial charge in [-0.25, -0.2) is 0 Å². The SMILES string of the molecule is CC.C[C@@H]1CCN(C)[C@H]2Cn3cc(C(=O)NCc4ccccc4)c(=O)c(OP)c3C(=O)N12. The number of nitrogens with one attached hydrogen (secondary N) is 1. The van der Waals surface area contributed by atoms with Crippen LogP contribution in [-0.2, 0) is 13.1 Å². The topological polar surface area (TPSA) is 83.9 Å². The lowest BCUT2D eigenvalue weighted by Crippen LogP contribution is -2.62. The van der Waals surface area contributed by atoms with Crippen LogP contribution in [-0.4, -0.2) is 52.0 Å². The molecule has 1 fully saturated rings. The summed E-state index contributed by atoms with van der Waals surface area (Å²) in [7, 11) is 4.00. The number of carbonyl (C=O) groups is 2. The summed E-state index contributed by atoms with van der Waals surface area (Å²) in [6.45, 7) is 7.65. The lowest BCUT2D eigenvalue weighted by Gasteiger charge is -2.49. The Hall–Kier alpha value is -2.70. The third kappa shape index (κ3) is 4.43. The Morgan fingerprint density at radius 2 is 1.91 bits per heavy atom. The molecule has 0 aliphatic carbocycles. The van der Waals surface area contributed by atoms with E-state index < -0.39 is 11.3 Å². The van der Waals surface area contributed by atoms with E-state index in [0.717, 1.165) is 18.5 Å². The lowest BCUT2D eigenvalue weighted by molar-refractivity contribution is -0.0207. The van der Waals surface area contributed by atoms with Gasteiger partial charge in [-0.2, -0.15) is 0 Å². The van der Waals surface area contributed by atoms with Crippen molar-refractivity contribution in [2.24, 2.45) is 0 Å². The molecule has 8 nitrogen and oxygen atoms in total. The molecule has 9 heteroatoms. The van der Waals surface area contributed by atoms with E-state index in [-0.39, 0.29) is 35.1 Å². The summed E-state index contributed by atoms with van der Waals surface area (Å²) in [5.41, 5.74) is 0.481. The molecule has 0 bridgehead atoms. The number of amides is 2. The highest BCUT2D eigenvalue weighted by molar-refractivity contribution is 7.10. The van der Waals surface area contributed by atoms with Crippen LogP contribution in [0.4, 0.5) is 0 Å². The van der Waals surface area contributed by atoms with Crippen molar-refractivity contribution in [2.45, 2.75) is 52.5 Å². The van der Waals surface area contributed by atoms with Gasteiger partial charge in [-0.1, -0.05) is 44.2 Å². The first-order valence-corrected chi connectivity index (χ1v) is 11.4. The summed E-state index contributed by atoms with van der Waals surface area (Å²) in [6, 6.07) is 9.51. The van der Waals surface area contributed by atoms with Crippen LogP contribution in [0.1, 0.15) is 53.6 Å². The summed E-state index contributed by atoms with van der Waals surface area (Å²) in [5.74, 6) is -0.866. The Morgan fingerprint density at radius 1 is 1.22 bits per heavy atom. The number of pyridine rings is 1. The predicted molar refractivity (Wildman–Crippen MR) is 127 cm³/mol. The highest BCUT2D eigenvalue weighted by atomic mass is 31.0. The molecule has 1 aromatic carbocycles.